The Morgan fingerprint density at radius 3 is 2.48 bits per heavy atom. The molecule has 2 amide bonds. The van der Waals surface area contributed by atoms with Gasteiger partial charge in [-0.1, -0.05) is 18.2 Å². The lowest BCUT2D eigenvalue weighted by atomic mass is 10.1. The summed E-state index contributed by atoms with van der Waals surface area (Å²) in [5.74, 6) is 1.18. The maximum Gasteiger partial charge on any atom is 0.254 e. The zero-order chi connectivity index (χ0) is 21.8. The quantitative estimate of drug-likeness (QED) is 0.664. The Bertz CT molecular complexity index is 1080. The van der Waals surface area contributed by atoms with E-state index >= 15 is 0 Å². The Morgan fingerprint density at radius 1 is 1.00 bits per heavy atom. The maximum absolute atomic E-state index is 13.0. The fourth-order valence-electron chi connectivity index (χ4n) is 3.97. The molecule has 31 heavy (non-hydrogen) atoms. The van der Waals surface area contributed by atoms with Gasteiger partial charge in [0.25, 0.3) is 5.91 Å². The zero-order valence-corrected chi connectivity index (χ0v) is 17.9. The number of aromatic amines is 1. The minimum atomic E-state index is -0.0627. The normalized spacial score (nSPS) is 14.0. The van der Waals surface area contributed by atoms with E-state index in [0.717, 1.165) is 16.5 Å². The minimum absolute atomic E-state index is 0.0627. The van der Waals surface area contributed by atoms with Crippen molar-refractivity contribution in [2.75, 3.05) is 39.9 Å². The van der Waals surface area contributed by atoms with Crippen LogP contribution in [-0.4, -0.2) is 66.5 Å². The number of H-pyrrole nitrogens is 1. The van der Waals surface area contributed by atoms with Gasteiger partial charge in [0, 0.05) is 48.8 Å². The highest BCUT2D eigenvalue weighted by Crippen LogP contribution is 2.28. The number of ether oxygens (including phenoxy) is 2. The van der Waals surface area contributed by atoms with E-state index in [-0.39, 0.29) is 11.8 Å². The molecule has 1 aliphatic heterocycles. The first-order chi connectivity index (χ1) is 15.1. The standard InChI is InChI=1S/C24H27N3O4/c1-3-31-22-14-17(8-9-21(22)30-2)24(29)27-12-10-26(11-13-27)23(28)15-18-16-25-20-7-5-4-6-19(18)20/h4-9,14,16,25H,3,10-13,15H2,1-2H3. The number of methoxy groups -OCH3 is 1. The van der Waals surface area contributed by atoms with E-state index in [2.05, 4.69) is 4.98 Å². The van der Waals surface area contributed by atoms with Crippen molar-refractivity contribution in [1.29, 1.82) is 0 Å². The van der Waals surface area contributed by atoms with Crippen molar-refractivity contribution in [2.45, 2.75) is 13.3 Å². The Hall–Kier alpha value is -3.48. The lowest BCUT2D eigenvalue weighted by molar-refractivity contribution is -0.131. The largest absolute Gasteiger partial charge is 0.493 e. The van der Waals surface area contributed by atoms with Crippen molar-refractivity contribution in [3.63, 3.8) is 0 Å². The molecule has 1 saturated heterocycles. The fourth-order valence-corrected chi connectivity index (χ4v) is 3.97. The number of nitrogens with one attached hydrogen (secondary N) is 1. The Labute approximate surface area is 181 Å². The summed E-state index contributed by atoms with van der Waals surface area (Å²) in [5, 5.41) is 1.08. The summed E-state index contributed by atoms with van der Waals surface area (Å²) in [6.45, 7) is 4.46. The van der Waals surface area contributed by atoms with Gasteiger partial charge in [-0.3, -0.25) is 9.59 Å². The van der Waals surface area contributed by atoms with E-state index in [1.165, 1.54) is 0 Å². The van der Waals surface area contributed by atoms with Gasteiger partial charge in [0.15, 0.2) is 11.5 Å². The van der Waals surface area contributed by atoms with Crippen molar-refractivity contribution in [2.24, 2.45) is 0 Å². The summed E-state index contributed by atoms with van der Waals surface area (Å²) in [4.78, 5) is 32.6. The molecule has 2 aromatic carbocycles. The van der Waals surface area contributed by atoms with Crippen molar-refractivity contribution in [1.82, 2.24) is 14.8 Å². The third-order valence-corrected chi connectivity index (χ3v) is 5.65. The average molecular weight is 421 g/mol. The van der Waals surface area contributed by atoms with E-state index in [4.69, 9.17) is 9.47 Å². The number of rotatable bonds is 6. The van der Waals surface area contributed by atoms with Gasteiger partial charge in [0.1, 0.15) is 0 Å². The first kappa shape index (κ1) is 20.8. The molecule has 0 spiro atoms. The average Bonchev–Trinajstić information content (AvgIpc) is 3.21. The van der Waals surface area contributed by atoms with Crippen LogP contribution in [0.1, 0.15) is 22.8 Å². The van der Waals surface area contributed by atoms with Crippen LogP contribution in [0.25, 0.3) is 10.9 Å². The summed E-state index contributed by atoms with van der Waals surface area (Å²) < 4.78 is 10.9. The second-order valence-electron chi connectivity index (χ2n) is 7.51. The number of nitrogens with zero attached hydrogens (tertiary/aromatic N) is 2. The number of amides is 2. The summed E-state index contributed by atoms with van der Waals surface area (Å²) in [5.41, 5.74) is 2.59. The molecule has 7 heteroatoms. The van der Waals surface area contributed by atoms with Gasteiger partial charge in [0.2, 0.25) is 5.91 Å². The smallest absolute Gasteiger partial charge is 0.254 e. The van der Waals surface area contributed by atoms with Crippen LogP contribution in [-0.2, 0) is 11.2 Å². The highest BCUT2D eigenvalue weighted by Gasteiger charge is 2.26. The maximum atomic E-state index is 13.0. The van der Waals surface area contributed by atoms with Crippen LogP contribution in [0, 0.1) is 0 Å². The summed E-state index contributed by atoms with van der Waals surface area (Å²) in [6, 6.07) is 13.2. The number of hydrogen-bond donors (Lipinski definition) is 1. The number of hydrogen-bond acceptors (Lipinski definition) is 4. The third-order valence-electron chi connectivity index (χ3n) is 5.65. The summed E-state index contributed by atoms with van der Waals surface area (Å²) >= 11 is 0. The van der Waals surface area contributed by atoms with Gasteiger partial charge in [-0.25, -0.2) is 0 Å². The van der Waals surface area contributed by atoms with Crippen LogP contribution in [0.15, 0.2) is 48.7 Å². The molecule has 2 heterocycles. The molecule has 1 fully saturated rings. The number of aromatic nitrogens is 1. The first-order valence-corrected chi connectivity index (χ1v) is 10.5. The van der Waals surface area contributed by atoms with Crippen LogP contribution in [0.5, 0.6) is 11.5 Å². The molecule has 0 atom stereocenters. The Morgan fingerprint density at radius 2 is 1.74 bits per heavy atom. The number of carbonyl (C=O) groups is 2. The number of para-hydroxylation sites is 1. The molecule has 1 N–H and O–H groups in total. The number of piperazine rings is 1. The first-order valence-electron chi connectivity index (χ1n) is 10.5. The SMILES string of the molecule is CCOc1cc(C(=O)N2CCN(C(=O)Cc3c[nH]c4ccccc34)CC2)ccc1OC. The predicted molar refractivity (Wildman–Crippen MR) is 119 cm³/mol. The van der Waals surface area contributed by atoms with Crippen molar-refractivity contribution < 1.29 is 19.1 Å². The molecule has 7 nitrogen and oxygen atoms in total. The van der Waals surface area contributed by atoms with Gasteiger partial charge in [0.05, 0.1) is 20.1 Å². The monoisotopic (exact) mass is 421 g/mol. The molecule has 3 aromatic rings. The molecule has 1 aliphatic rings. The van der Waals surface area contributed by atoms with Crippen LogP contribution >= 0.6 is 0 Å². The van der Waals surface area contributed by atoms with E-state index in [0.29, 0.717) is 56.3 Å². The Balaban J connectivity index is 1.37. The molecule has 0 unspecified atom stereocenters. The van der Waals surface area contributed by atoms with E-state index in [9.17, 15) is 9.59 Å². The van der Waals surface area contributed by atoms with Gasteiger partial charge in [-0.2, -0.15) is 0 Å². The zero-order valence-electron chi connectivity index (χ0n) is 17.9. The minimum Gasteiger partial charge on any atom is -0.493 e. The molecule has 0 aliphatic carbocycles. The molecular weight excluding hydrogens is 394 g/mol. The van der Waals surface area contributed by atoms with Gasteiger partial charge in [-0.15, -0.1) is 0 Å². The lowest BCUT2D eigenvalue weighted by Gasteiger charge is -2.35. The fraction of sp³-hybridized carbons (Fsp3) is 0.333. The third kappa shape index (κ3) is 4.35. The van der Waals surface area contributed by atoms with Gasteiger partial charge in [-0.05, 0) is 36.8 Å². The second-order valence-corrected chi connectivity index (χ2v) is 7.51. The van der Waals surface area contributed by atoms with Gasteiger partial charge < -0.3 is 24.3 Å². The van der Waals surface area contributed by atoms with E-state index < -0.39 is 0 Å². The van der Waals surface area contributed by atoms with E-state index in [1.807, 2.05) is 42.3 Å². The summed E-state index contributed by atoms with van der Waals surface area (Å²) in [7, 11) is 1.58. The second kappa shape index (κ2) is 9.12. The topological polar surface area (TPSA) is 74.9 Å². The van der Waals surface area contributed by atoms with Crippen LogP contribution < -0.4 is 9.47 Å². The van der Waals surface area contributed by atoms with Gasteiger partial charge >= 0.3 is 0 Å². The number of benzene rings is 2. The van der Waals surface area contributed by atoms with Crippen LogP contribution in [0.2, 0.25) is 0 Å². The highest BCUT2D eigenvalue weighted by atomic mass is 16.5. The molecule has 1 aromatic heterocycles. The molecule has 162 valence electrons. The summed E-state index contributed by atoms with van der Waals surface area (Å²) in [6.07, 6.45) is 2.26. The Kier molecular flexibility index (Phi) is 6.11. The van der Waals surface area contributed by atoms with Crippen molar-refractivity contribution >= 4 is 22.7 Å². The van der Waals surface area contributed by atoms with Crippen LogP contribution in [0.3, 0.4) is 0 Å². The predicted octanol–water partition coefficient (Wildman–Crippen LogP) is 3.10. The molecule has 4 rings (SSSR count). The number of fused-ring (bicyclic) bond motifs is 1. The molecular formula is C24H27N3O4. The van der Waals surface area contributed by atoms with Crippen LogP contribution in [0.4, 0.5) is 0 Å². The molecule has 0 bridgehead atoms. The van der Waals surface area contributed by atoms with Crippen molar-refractivity contribution in [3.05, 3.63) is 59.8 Å². The molecule has 0 saturated carbocycles. The molecule has 0 radical (unpaired) electrons. The van der Waals surface area contributed by atoms with Crippen molar-refractivity contribution in [3.8, 4) is 11.5 Å². The lowest BCUT2D eigenvalue weighted by Crippen LogP contribution is -2.51. The van der Waals surface area contributed by atoms with E-state index in [1.54, 1.807) is 30.2 Å². The number of carbonyl (C=O) groups excluding carboxylic acids is 2. The highest BCUT2D eigenvalue weighted by molar-refractivity contribution is 5.95.